The van der Waals surface area contributed by atoms with Crippen molar-refractivity contribution in [3.05, 3.63) is 35.4 Å². The third-order valence-corrected chi connectivity index (χ3v) is 3.11. The van der Waals surface area contributed by atoms with Gasteiger partial charge < -0.3 is 10.1 Å². The molecule has 0 saturated carbocycles. The molecule has 0 fully saturated rings. The Balaban J connectivity index is 2.37. The van der Waals surface area contributed by atoms with E-state index >= 15 is 0 Å². The fourth-order valence-electron chi connectivity index (χ4n) is 1.97. The zero-order valence-electron chi connectivity index (χ0n) is 12.4. The molecule has 0 radical (unpaired) electrons. The number of carbonyl (C=O) groups excluding carboxylic acids is 1. The summed E-state index contributed by atoms with van der Waals surface area (Å²) in [6.07, 6.45) is 1.30. The Morgan fingerprint density at radius 1 is 1.21 bits per heavy atom. The molecule has 3 heteroatoms. The highest BCUT2D eigenvalue weighted by Crippen LogP contribution is 2.15. The van der Waals surface area contributed by atoms with E-state index in [9.17, 15) is 4.79 Å². The number of benzene rings is 1. The van der Waals surface area contributed by atoms with E-state index in [-0.39, 0.29) is 11.9 Å². The van der Waals surface area contributed by atoms with Crippen molar-refractivity contribution >= 4 is 5.91 Å². The van der Waals surface area contributed by atoms with Gasteiger partial charge in [-0.25, -0.2) is 0 Å². The average Bonchev–Trinajstić information content (AvgIpc) is 2.37. The van der Waals surface area contributed by atoms with Gasteiger partial charge in [0.2, 0.25) is 5.91 Å². The van der Waals surface area contributed by atoms with Gasteiger partial charge in [-0.15, -0.1) is 0 Å². The van der Waals surface area contributed by atoms with Crippen LogP contribution in [0, 0.1) is 0 Å². The van der Waals surface area contributed by atoms with Crippen LogP contribution in [0.2, 0.25) is 0 Å². The second kappa shape index (κ2) is 7.95. The van der Waals surface area contributed by atoms with Crippen molar-refractivity contribution in [1.29, 1.82) is 0 Å². The van der Waals surface area contributed by atoms with E-state index in [4.69, 9.17) is 4.74 Å². The fraction of sp³-hybridized carbons (Fsp3) is 0.562. The Hall–Kier alpha value is -1.35. The van der Waals surface area contributed by atoms with Gasteiger partial charge in [0.15, 0.2) is 0 Å². The molecular weight excluding hydrogens is 238 g/mol. The number of amides is 1. The number of carbonyl (C=O) groups is 1. The minimum atomic E-state index is 0.0702. The lowest BCUT2D eigenvalue weighted by atomic mass is 10.0. The summed E-state index contributed by atoms with van der Waals surface area (Å²) < 4.78 is 4.99. The van der Waals surface area contributed by atoms with Gasteiger partial charge >= 0.3 is 0 Å². The average molecular weight is 263 g/mol. The third-order valence-electron chi connectivity index (χ3n) is 3.11. The van der Waals surface area contributed by atoms with Crippen molar-refractivity contribution in [3.8, 4) is 0 Å². The van der Waals surface area contributed by atoms with Crippen LogP contribution in [0.3, 0.4) is 0 Å². The predicted molar refractivity (Wildman–Crippen MR) is 78.3 cm³/mol. The van der Waals surface area contributed by atoms with Crippen molar-refractivity contribution in [2.24, 2.45) is 0 Å². The molecule has 1 atom stereocenters. The third kappa shape index (κ3) is 5.88. The Bertz CT molecular complexity index is 384. The van der Waals surface area contributed by atoms with Crippen molar-refractivity contribution in [2.45, 2.75) is 45.6 Å². The topological polar surface area (TPSA) is 38.3 Å². The summed E-state index contributed by atoms with van der Waals surface area (Å²) >= 11 is 0. The summed E-state index contributed by atoms with van der Waals surface area (Å²) in [5.74, 6) is 0.629. The number of nitrogens with one attached hydrogen (secondary N) is 1. The Labute approximate surface area is 116 Å². The van der Waals surface area contributed by atoms with Gasteiger partial charge in [-0.1, -0.05) is 38.1 Å². The first-order valence-corrected chi connectivity index (χ1v) is 6.90. The largest absolute Gasteiger partial charge is 0.383 e. The van der Waals surface area contributed by atoms with Gasteiger partial charge in [0.05, 0.1) is 6.61 Å². The molecule has 1 aromatic rings. The molecule has 1 aromatic carbocycles. The zero-order chi connectivity index (χ0) is 14.3. The first kappa shape index (κ1) is 15.7. The van der Waals surface area contributed by atoms with Crippen molar-refractivity contribution in [2.75, 3.05) is 13.7 Å². The first-order valence-electron chi connectivity index (χ1n) is 6.90. The smallest absolute Gasteiger partial charge is 0.220 e. The molecule has 0 heterocycles. The molecule has 0 aliphatic carbocycles. The molecule has 106 valence electrons. The van der Waals surface area contributed by atoms with Crippen LogP contribution in [0.1, 0.15) is 44.2 Å². The molecule has 19 heavy (non-hydrogen) atoms. The van der Waals surface area contributed by atoms with E-state index in [2.05, 4.69) is 43.4 Å². The van der Waals surface area contributed by atoms with Crippen molar-refractivity contribution < 1.29 is 9.53 Å². The van der Waals surface area contributed by atoms with E-state index in [1.54, 1.807) is 7.11 Å². The van der Waals surface area contributed by atoms with E-state index in [1.165, 1.54) is 11.1 Å². The maximum absolute atomic E-state index is 11.7. The van der Waals surface area contributed by atoms with Gasteiger partial charge in [-0.3, -0.25) is 4.79 Å². The van der Waals surface area contributed by atoms with Crippen LogP contribution in [-0.2, 0) is 16.0 Å². The molecule has 0 unspecified atom stereocenters. The highest BCUT2D eigenvalue weighted by molar-refractivity contribution is 5.76. The minimum Gasteiger partial charge on any atom is -0.383 e. The second-order valence-electron chi connectivity index (χ2n) is 5.32. The highest BCUT2D eigenvalue weighted by atomic mass is 16.5. The Morgan fingerprint density at radius 2 is 1.84 bits per heavy atom. The Morgan fingerprint density at radius 3 is 2.37 bits per heavy atom. The molecule has 3 nitrogen and oxygen atoms in total. The lowest BCUT2D eigenvalue weighted by Crippen LogP contribution is -2.35. The molecule has 0 aromatic heterocycles. The molecule has 0 aliphatic rings. The second-order valence-corrected chi connectivity index (χ2v) is 5.32. The standard InChI is InChI=1S/C16H25NO2/c1-12(2)15-8-5-14(6-9-15)7-10-16(18)17-13(3)11-19-4/h5-6,8-9,12-13H,7,10-11H2,1-4H3,(H,17,18)/t13-/m0/s1. The maximum Gasteiger partial charge on any atom is 0.220 e. The lowest BCUT2D eigenvalue weighted by Gasteiger charge is -2.12. The van der Waals surface area contributed by atoms with Crippen molar-refractivity contribution in [1.82, 2.24) is 5.32 Å². The van der Waals surface area contributed by atoms with Crippen LogP contribution in [0.5, 0.6) is 0 Å². The van der Waals surface area contributed by atoms with Gasteiger partial charge in [0.25, 0.3) is 0 Å². The van der Waals surface area contributed by atoms with E-state index in [0.717, 1.165) is 6.42 Å². The molecule has 0 saturated heterocycles. The van der Waals surface area contributed by atoms with Crippen LogP contribution in [0.15, 0.2) is 24.3 Å². The number of aryl methyl sites for hydroxylation is 1. The number of rotatable bonds is 7. The molecule has 0 bridgehead atoms. The van der Waals surface area contributed by atoms with Gasteiger partial charge in [0, 0.05) is 19.6 Å². The summed E-state index contributed by atoms with van der Waals surface area (Å²) in [6, 6.07) is 8.58. The lowest BCUT2D eigenvalue weighted by molar-refractivity contribution is -0.122. The highest BCUT2D eigenvalue weighted by Gasteiger charge is 2.07. The monoisotopic (exact) mass is 263 g/mol. The van der Waals surface area contributed by atoms with E-state index in [1.807, 2.05) is 6.92 Å². The van der Waals surface area contributed by atoms with Gasteiger partial charge in [-0.05, 0) is 30.4 Å². The van der Waals surface area contributed by atoms with Crippen LogP contribution < -0.4 is 5.32 Å². The van der Waals surface area contributed by atoms with Gasteiger partial charge in [-0.2, -0.15) is 0 Å². The van der Waals surface area contributed by atoms with E-state index in [0.29, 0.717) is 18.9 Å². The first-order chi connectivity index (χ1) is 9.02. The zero-order valence-corrected chi connectivity index (χ0v) is 12.4. The Kier molecular flexibility index (Phi) is 6.57. The number of hydrogen-bond donors (Lipinski definition) is 1. The number of methoxy groups -OCH3 is 1. The molecule has 0 aliphatic heterocycles. The number of hydrogen-bond acceptors (Lipinski definition) is 2. The molecule has 1 N–H and O–H groups in total. The van der Waals surface area contributed by atoms with Crippen LogP contribution in [0.4, 0.5) is 0 Å². The molecule has 1 rings (SSSR count). The maximum atomic E-state index is 11.7. The summed E-state index contributed by atoms with van der Waals surface area (Å²) in [7, 11) is 1.64. The molecule has 1 amide bonds. The predicted octanol–water partition coefficient (Wildman–Crippen LogP) is 2.89. The van der Waals surface area contributed by atoms with Crippen LogP contribution >= 0.6 is 0 Å². The van der Waals surface area contributed by atoms with E-state index < -0.39 is 0 Å². The number of ether oxygens (including phenoxy) is 1. The quantitative estimate of drug-likeness (QED) is 0.821. The summed E-state index contributed by atoms with van der Waals surface area (Å²) in [5.41, 5.74) is 2.54. The minimum absolute atomic E-state index is 0.0702. The van der Waals surface area contributed by atoms with Crippen LogP contribution in [0.25, 0.3) is 0 Å². The molecular formula is C16H25NO2. The van der Waals surface area contributed by atoms with Crippen molar-refractivity contribution in [3.63, 3.8) is 0 Å². The SMILES string of the molecule is COC[C@H](C)NC(=O)CCc1ccc(C(C)C)cc1. The normalized spacial score (nSPS) is 12.5. The fourth-order valence-corrected chi connectivity index (χ4v) is 1.97. The summed E-state index contributed by atoms with van der Waals surface area (Å²) in [5, 5.41) is 2.92. The van der Waals surface area contributed by atoms with Gasteiger partial charge in [0.1, 0.15) is 0 Å². The summed E-state index contributed by atoms with van der Waals surface area (Å²) in [4.78, 5) is 11.7. The van der Waals surface area contributed by atoms with Crippen LogP contribution in [-0.4, -0.2) is 25.7 Å². The summed E-state index contributed by atoms with van der Waals surface area (Å²) in [6.45, 7) is 6.85. The molecule has 0 spiro atoms.